The van der Waals surface area contributed by atoms with E-state index in [1.807, 2.05) is 0 Å². The largest absolute Gasteiger partial charge is 0.452 e. The SMILES string of the molecule is N#Cc1ccccc1Sc1ccccc1C(=O)OCC(=O)Nc1nc(-c2cccc([N+](=O)[O-])c2)cs1. The lowest BCUT2D eigenvalue weighted by Gasteiger charge is -2.10. The van der Waals surface area contributed by atoms with Gasteiger partial charge in [0.25, 0.3) is 11.6 Å². The Labute approximate surface area is 213 Å². The van der Waals surface area contributed by atoms with Crippen LogP contribution < -0.4 is 5.32 Å². The van der Waals surface area contributed by atoms with Crippen molar-refractivity contribution in [1.82, 2.24) is 4.98 Å². The van der Waals surface area contributed by atoms with E-state index in [0.29, 0.717) is 26.6 Å². The number of benzene rings is 3. The van der Waals surface area contributed by atoms with Crippen molar-refractivity contribution in [3.63, 3.8) is 0 Å². The van der Waals surface area contributed by atoms with Crippen LogP contribution in [0.3, 0.4) is 0 Å². The highest BCUT2D eigenvalue weighted by Gasteiger charge is 2.17. The fourth-order valence-corrected chi connectivity index (χ4v) is 4.85. The van der Waals surface area contributed by atoms with Crippen LogP contribution in [0.1, 0.15) is 15.9 Å². The number of ether oxygens (including phenoxy) is 1. The smallest absolute Gasteiger partial charge is 0.339 e. The number of hydrogen-bond acceptors (Lipinski definition) is 9. The first-order chi connectivity index (χ1) is 17.4. The second kappa shape index (κ2) is 11.3. The number of carbonyl (C=O) groups is 2. The maximum absolute atomic E-state index is 12.7. The minimum Gasteiger partial charge on any atom is -0.452 e. The zero-order valence-electron chi connectivity index (χ0n) is 18.4. The van der Waals surface area contributed by atoms with Gasteiger partial charge in [-0.3, -0.25) is 20.2 Å². The number of esters is 1. The first kappa shape index (κ1) is 24.6. The molecule has 36 heavy (non-hydrogen) atoms. The molecule has 9 nitrogen and oxygen atoms in total. The zero-order valence-corrected chi connectivity index (χ0v) is 20.0. The molecule has 0 spiro atoms. The summed E-state index contributed by atoms with van der Waals surface area (Å²) < 4.78 is 5.20. The van der Waals surface area contributed by atoms with Crippen molar-refractivity contribution in [2.75, 3.05) is 11.9 Å². The molecule has 0 saturated carbocycles. The second-order valence-corrected chi connectivity index (χ2v) is 9.12. The Kier molecular flexibility index (Phi) is 7.69. The predicted molar refractivity (Wildman–Crippen MR) is 135 cm³/mol. The zero-order chi connectivity index (χ0) is 25.5. The highest BCUT2D eigenvalue weighted by Crippen LogP contribution is 2.33. The van der Waals surface area contributed by atoms with Crippen LogP contribution in [-0.4, -0.2) is 28.4 Å². The number of aromatic nitrogens is 1. The monoisotopic (exact) mass is 516 g/mol. The molecule has 0 fully saturated rings. The Morgan fingerprint density at radius 1 is 1.08 bits per heavy atom. The van der Waals surface area contributed by atoms with Crippen LogP contribution in [0.25, 0.3) is 11.3 Å². The first-order valence-corrected chi connectivity index (χ1v) is 12.1. The molecule has 4 aromatic rings. The van der Waals surface area contributed by atoms with Gasteiger partial charge >= 0.3 is 5.97 Å². The van der Waals surface area contributed by atoms with Crippen LogP contribution in [0.15, 0.2) is 88.0 Å². The minimum atomic E-state index is -0.681. The molecular weight excluding hydrogens is 500 g/mol. The molecule has 1 N–H and O–H groups in total. The lowest BCUT2D eigenvalue weighted by atomic mass is 10.1. The van der Waals surface area contributed by atoms with Crippen molar-refractivity contribution in [2.45, 2.75) is 9.79 Å². The van der Waals surface area contributed by atoms with E-state index < -0.39 is 23.4 Å². The van der Waals surface area contributed by atoms with Gasteiger partial charge in [0, 0.05) is 32.9 Å². The fraction of sp³-hybridized carbons (Fsp3) is 0.0400. The minimum absolute atomic E-state index is 0.0624. The molecule has 1 heterocycles. The van der Waals surface area contributed by atoms with Crippen LogP contribution >= 0.6 is 23.1 Å². The molecule has 0 aliphatic heterocycles. The number of nitrogens with zero attached hydrogens (tertiary/aromatic N) is 3. The average molecular weight is 517 g/mol. The van der Waals surface area contributed by atoms with E-state index in [9.17, 15) is 25.0 Å². The number of nitro groups is 1. The van der Waals surface area contributed by atoms with Crippen LogP contribution in [0.4, 0.5) is 10.8 Å². The van der Waals surface area contributed by atoms with Crippen LogP contribution in [0.5, 0.6) is 0 Å². The summed E-state index contributed by atoms with van der Waals surface area (Å²) >= 11 is 2.40. The van der Waals surface area contributed by atoms with Gasteiger partial charge < -0.3 is 4.74 Å². The van der Waals surface area contributed by atoms with Crippen molar-refractivity contribution in [3.8, 4) is 17.3 Å². The van der Waals surface area contributed by atoms with Gasteiger partial charge in [-0.25, -0.2) is 9.78 Å². The molecular formula is C25H16N4O5S2. The molecule has 178 valence electrons. The molecule has 1 aromatic heterocycles. The van der Waals surface area contributed by atoms with Gasteiger partial charge in [0.15, 0.2) is 11.7 Å². The van der Waals surface area contributed by atoms with Crippen molar-refractivity contribution < 1.29 is 19.2 Å². The maximum atomic E-state index is 12.7. The van der Waals surface area contributed by atoms with Gasteiger partial charge in [-0.05, 0) is 24.3 Å². The number of nitriles is 1. The summed E-state index contributed by atoms with van der Waals surface area (Å²) in [6.07, 6.45) is 0. The Hall–Kier alpha value is -4.53. The van der Waals surface area contributed by atoms with E-state index in [4.69, 9.17) is 4.74 Å². The molecule has 0 aliphatic rings. The van der Waals surface area contributed by atoms with E-state index in [-0.39, 0.29) is 16.4 Å². The number of nitro benzene ring substituents is 1. The number of thiazole rings is 1. The average Bonchev–Trinajstić information content (AvgIpc) is 3.36. The summed E-state index contributed by atoms with van der Waals surface area (Å²) in [5.41, 5.74) is 1.70. The quantitative estimate of drug-likeness (QED) is 0.183. The van der Waals surface area contributed by atoms with E-state index in [2.05, 4.69) is 16.4 Å². The number of anilines is 1. The standard InChI is InChI=1S/C25H16N4O5S2/c26-13-17-6-1-3-10-21(17)36-22-11-4-2-9-19(22)24(31)34-14-23(30)28-25-27-20(15-35-25)16-7-5-8-18(12-16)29(32)33/h1-12,15H,14H2,(H,27,28,30). The summed E-state index contributed by atoms with van der Waals surface area (Å²) in [5.74, 6) is -1.26. The van der Waals surface area contributed by atoms with Gasteiger partial charge in [-0.1, -0.05) is 48.2 Å². The van der Waals surface area contributed by atoms with Gasteiger partial charge in [0.2, 0.25) is 0 Å². The van der Waals surface area contributed by atoms with Crippen LogP contribution in [-0.2, 0) is 9.53 Å². The van der Waals surface area contributed by atoms with Gasteiger partial charge in [0.1, 0.15) is 6.07 Å². The third-order valence-electron chi connectivity index (χ3n) is 4.77. The molecule has 11 heteroatoms. The normalized spacial score (nSPS) is 10.3. The summed E-state index contributed by atoms with van der Waals surface area (Å²) in [5, 5.41) is 24.8. The number of rotatable bonds is 8. The fourth-order valence-electron chi connectivity index (χ4n) is 3.10. The van der Waals surface area contributed by atoms with Gasteiger partial charge in [-0.2, -0.15) is 5.26 Å². The number of nitrogens with one attached hydrogen (secondary N) is 1. The number of non-ortho nitro benzene ring substituents is 1. The van der Waals surface area contributed by atoms with E-state index in [0.717, 1.165) is 11.3 Å². The summed E-state index contributed by atoms with van der Waals surface area (Å²) in [6.45, 7) is -0.529. The third-order valence-corrected chi connectivity index (χ3v) is 6.68. The lowest BCUT2D eigenvalue weighted by molar-refractivity contribution is -0.384. The molecule has 0 bridgehead atoms. The molecule has 1 amide bonds. The Morgan fingerprint density at radius 3 is 2.61 bits per heavy atom. The Morgan fingerprint density at radius 2 is 1.83 bits per heavy atom. The first-order valence-electron chi connectivity index (χ1n) is 10.4. The Balaban J connectivity index is 1.38. The maximum Gasteiger partial charge on any atom is 0.339 e. The molecule has 0 atom stereocenters. The third kappa shape index (κ3) is 5.93. The van der Waals surface area contributed by atoms with E-state index in [1.165, 1.54) is 23.9 Å². The molecule has 0 unspecified atom stereocenters. The number of hydrogen-bond donors (Lipinski definition) is 1. The van der Waals surface area contributed by atoms with Crippen LogP contribution in [0.2, 0.25) is 0 Å². The molecule has 3 aromatic carbocycles. The number of carbonyl (C=O) groups excluding carboxylic acids is 2. The van der Waals surface area contributed by atoms with Crippen LogP contribution in [0, 0.1) is 21.4 Å². The van der Waals surface area contributed by atoms with Crippen molar-refractivity contribution >= 4 is 45.8 Å². The topological polar surface area (TPSA) is 135 Å². The van der Waals surface area contributed by atoms with Gasteiger partial charge in [0.05, 0.1) is 21.7 Å². The van der Waals surface area contributed by atoms with Gasteiger partial charge in [-0.15, -0.1) is 11.3 Å². The lowest BCUT2D eigenvalue weighted by Crippen LogP contribution is -2.21. The molecule has 0 aliphatic carbocycles. The summed E-state index contributed by atoms with van der Waals surface area (Å²) in [6, 6.07) is 21.9. The second-order valence-electron chi connectivity index (χ2n) is 7.18. The predicted octanol–water partition coefficient (Wildman–Crippen LogP) is 5.54. The molecule has 0 saturated heterocycles. The molecule has 4 rings (SSSR count). The number of amides is 1. The molecule has 0 radical (unpaired) electrons. The van der Waals surface area contributed by atoms with Crippen molar-refractivity contribution in [3.05, 3.63) is 99.4 Å². The van der Waals surface area contributed by atoms with Crippen molar-refractivity contribution in [1.29, 1.82) is 5.26 Å². The Bertz CT molecular complexity index is 1500. The highest BCUT2D eigenvalue weighted by molar-refractivity contribution is 7.99. The van der Waals surface area contributed by atoms with E-state index in [1.54, 1.807) is 66.0 Å². The van der Waals surface area contributed by atoms with Crippen molar-refractivity contribution in [2.24, 2.45) is 0 Å². The summed E-state index contributed by atoms with van der Waals surface area (Å²) in [4.78, 5) is 41.1. The van der Waals surface area contributed by atoms with E-state index >= 15 is 0 Å². The highest BCUT2D eigenvalue weighted by atomic mass is 32.2. The summed E-state index contributed by atoms with van der Waals surface area (Å²) in [7, 11) is 0.